The first-order chi connectivity index (χ1) is 9.95. The van der Waals surface area contributed by atoms with E-state index in [1.54, 1.807) is 12.1 Å². The van der Waals surface area contributed by atoms with E-state index in [4.69, 9.17) is 23.1 Å². The van der Waals surface area contributed by atoms with E-state index in [1.165, 1.54) is 0 Å². The maximum Gasteiger partial charge on any atom is 0.255 e. The molecule has 0 spiro atoms. The molecule has 3 N–H and O–H groups in total. The largest absolute Gasteiger partial charge is 0.395 e. The van der Waals surface area contributed by atoms with Gasteiger partial charge in [0.05, 0.1) is 24.1 Å². The van der Waals surface area contributed by atoms with E-state index in [2.05, 4.69) is 0 Å². The highest BCUT2D eigenvalue weighted by Crippen LogP contribution is 2.14. The van der Waals surface area contributed by atoms with Gasteiger partial charge in [-0.15, -0.1) is 0 Å². The molecular formula is C14H18F2N2O2S. The van der Waals surface area contributed by atoms with Gasteiger partial charge < -0.3 is 15.7 Å². The second kappa shape index (κ2) is 8.63. The summed E-state index contributed by atoms with van der Waals surface area (Å²) in [6, 6.07) is 9.06. The van der Waals surface area contributed by atoms with Crippen molar-refractivity contribution in [2.75, 3.05) is 19.7 Å². The molecule has 1 unspecified atom stereocenters. The lowest BCUT2D eigenvalue weighted by molar-refractivity contribution is -0.135. The zero-order chi connectivity index (χ0) is 15.8. The number of hydrogen-bond donors (Lipinski definition) is 2. The highest BCUT2D eigenvalue weighted by Gasteiger charge is 2.28. The van der Waals surface area contributed by atoms with Gasteiger partial charge in [-0.2, -0.15) is 0 Å². The molecule has 0 aliphatic heterocycles. The van der Waals surface area contributed by atoms with Gasteiger partial charge in [-0.05, 0) is 12.0 Å². The zero-order valence-corrected chi connectivity index (χ0v) is 12.2. The molecule has 116 valence electrons. The van der Waals surface area contributed by atoms with Crippen LogP contribution in [0.5, 0.6) is 0 Å². The molecule has 7 heteroatoms. The van der Waals surface area contributed by atoms with Gasteiger partial charge in [0.25, 0.3) is 6.43 Å². The molecule has 0 aliphatic rings. The van der Waals surface area contributed by atoms with Gasteiger partial charge in [0.1, 0.15) is 0 Å². The summed E-state index contributed by atoms with van der Waals surface area (Å²) in [6.07, 6.45) is -2.43. The Kier molecular flexibility index (Phi) is 7.18. The van der Waals surface area contributed by atoms with Crippen LogP contribution in [0.2, 0.25) is 0 Å². The quantitative estimate of drug-likeness (QED) is 0.708. The fourth-order valence-corrected chi connectivity index (χ4v) is 2.14. The van der Waals surface area contributed by atoms with E-state index in [-0.39, 0.29) is 18.0 Å². The number of amides is 1. The number of benzene rings is 1. The van der Waals surface area contributed by atoms with Crippen LogP contribution in [0.4, 0.5) is 8.78 Å². The molecule has 0 heterocycles. The lowest BCUT2D eigenvalue weighted by Gasteiger charge is -2.26. The molecule has 0 saturated carbocycles. The third-order valence-electron chi connectivity index (χ3n) is 2.96. The van der Waals surface area contributed by atoms with E-state index < -0.39 is 31.4 Å². The monoisotopic (exact) mass is 316 g/mol. The number of halogens is 2. The van der Waals surface area contributed by atoms with Crippen LogP contribution in [-0.4, -0.2) is 47.0 Å². The van der Waals surface area contributed by atoms with Crippen molar-refractivity contribution in [1.82, 2.24) is 4.90 Å². The van der Waals surface area contributed by atoms with Crippen molar-refractivity contribution in [2.24, 2.45) is 11.7 Å². The lowest BCUT2D eigenvalue weighted by Crippen LogP contribution is -2.45. The summed E-state index contributed by atoms with van der Waals surface area (Å²) in [4.78, 5) is 13.2. The molecule has 0 saturated heterocycles. The first kappa shape index (κ1) is 17.5. The van der Waals surface area contributed by atoms with Crippen LogP contribution >= 0.6 is 12.2 Å². The predicted molar refractivity (Wildman–Crippen MR) is 80.1 cm³/mol. The van der Waals surface area contributed by atoms with Crippen molar-refractivity contribution in [3.8, 4) is 0 Å². The fraction of sp³-hybridized carbons (Fsp3) is 0.429. The standard InChI is InChI=1S/C14H18F2N2O2S/c15-12(16)9-18(6-7-19)14(20)11(13(17)21)8-10-4-2-1-3-5-10/h1-5,11-12,19H,6-9H2,(H2,17,21). The summed E-state index contributed by atoms with van der Waals surface area (Å²) in [7, 11) is 0. The average molecular weight is 316 g/mol. The topological polar surface area (TPSA) is 66.6 Å². The molecule has 1 atom stereocenters. The minimum atomic E-state index is -2.68. The first-order valence-electron chi connectivity index (χ1n) is 6.46. The van der Waals surface area contributed by atoms with E-state index in [0.29, 0.717) is 0 Å². The number of alkyl halides is 2. The van der Waals surface area contributed by atoms with Crippen LogP contribution in [0.15, 0.2) is 30.3 Å². The van der Waals surface area contributed by atoms with Crippen molar-refractivity contribution in [3.63, 3.8) is 0 Å². The molecule has 1 rings (SSSR count). The van der Waals surface area contributed by atoms with Gasteiger partial charge >= 0.3 is 0 Å². The van der Waals surface area contributed by atoms with Crippen LogP contribution in [0.3, 0.4) is 0 Å². The normalized spacial score (nSPS) is 12.2. The molecule has 4 nitrogen and oxygen atoms in total. The number of carbonyl (C=O) groups is 1. The molecule has 1 amide bonds. The second-order valence-corrected chi connectivity index (χ2v) is 5.02. The molecule has 1 aromatic carbocycles. The Bertz CT molecular complexity index is 471. The number of nitrogens with zero attached hydrogens (tertiary/aromatic N) is 1. The summed E-state index contributed by atoms with van der Waals surface area (Å²) in [5, 5.41) is 8.91. The maximum absolute atomic E-state index is 12.5. The maximum atomic E-state index is 12.5. The number of aliphatic hydroxyl groups excluding tert-OH is 1. The first-order valence-corrected chi connectivity index (χ1v) is 6.87. The lowest BCUT2D eigenvalue weighted by atomic mass is 9.97. The highest BCUT2D eigenvalue weighted by atomic mass is 32.1. The van der Waals surface area contributed by atoms with Gasteiger partial charge in [0.15, 0.2) is 0 Å². The van der Waals surface area contributed by atoms with E-state index in [1.807, 2.05) is 18.2 Å². The molecule has 1 aromatic rings. The molecular weight excluding hydrogens is 298 g/mol. The molecule has 0 fully saturated rings. The summed E-state index contributed by atoms with van der Waals surface area (Å²) in [6.45, 7) is -1.31. The van der Waals surface area contributed by atoms with E-state index in [0.717, 1.165) is 10.5 Å². The third-order valence-corrected chi connectivity index (χ3v) is 3.25. The van der Waals surface area contributed by atoms with E-state index >= 15 is 0 Å². The second-order valence-electron chi connectivity index (χ2n) is 4.54. The fourth-order valence-electron chi connectivity index (χ4n) is 1.96. The summed E-state index contributed by atoms with van der Waals surface area (Å²) in [5.74, 6) is -1.44. The van der Waals surface area contributed by atoms with Gasteiger partial charge in [0, 0.05) is 6.54 Å². The molecule has 0 aromatic heterocycles. The number of rotatable bonds is 8. The van der Waals surface area contributed by atoms with Gasteiger partial charge in [-0.25, -0.2) is 8.78 Å². The SMILES string of the molecule is NC(=S)C(Cc1ccccc1)C(=O)N(CCO)CC(F)F. The molecule has 21 heavy (non-hydrogen) atoms. The van der Waals surface area contributed by atoms with Crippen molar-refractivity contribution in [3.05, 3.63) is 35.9 Å². The van der Waals surface area contributed by atoms with Gasteiger partial charge in [0.2, 0.25) is 5.91 Å². The summed E-state index contributed by atoms with van der Waals surface area (Å²) in [5.41, 5.74) is 6.42. The smallest absolute Gasteiger partial charge is 0.255 e. The Morgan fingerprint density at radius 3 is 2.43 bits per heavy atom. The predicted octanol–water partition coefficient (Wildman–Crippen LogP) is 1.22. The Morgan fingerprint density at radius 1 is 1.33 bits per heavy atom. The van der Waals surface area contributed by atoms with Crippen LogP contribution in [-0.2, 0) is 11.2 Å². The minimum absolute atomic E-state index is 0.0407. The summed E-state index contributed by atoms with van der Waals surface area (Å²) >= 11 is 4.89. The van der Waals surface area contributed by atoms with Crippen LogP contribution < -0.4 is 5.73 Å². The molecule has 0 bridgehead atoms. The average Bonchev–Trinajstić information content (AvgIpc) is 2.44. The zero-order valence-electron chi connectivity index (χ0n) is 11.4. The number of hydrogen-bond acceptors (Lipinski definition) is 3. The Morgan fingerprint density at radius 2 is 1.95 bits per heavy atom. The Labute approximate surface area is 127 Å². The summed E-state index contributed by atoms with van der Waals surface area (Å²) < 4.78 is 25.0. The molecule has 0 aliphatic carbocycles. The Balaban J connectivity index is 2.87. The third kappa shape index (κ3) is 5.73. The van der Waals surface area contributed by atoms with Crippen LogP contribution in [0.25, 0.3) is 0 Å². The van der Waals surface area contributed by atoms with E-state index in [9.17, 15) is 13.6 Å². The minimum Gasteiger partial charge on any atom is -0.395 e. The number of carbonyl (C=O) groups excluding carboxylic acids is 1. The highest BCUT2D eigenvalue weighted by molar-refractivity contribution is 7.80. The van der Waals surface area contributed by atoms with Crippen LogP contribution in [0.1, 0.15) is 5.56 Å². The van der Waals surface area contributed by atoms with Gasteiger partial charge in [-0.3, -0.25) is 4.79 Å². The van der Waals surface area contributed by atoms with Gasteiger partial charge in [-0.1, -0.05) is 42.5 Å². The van der Waals surface area contributed by atoms with Crippen molar-refractivity contribution < 1.29 is 18.7 Å². The number of nitrogens with two attached hydrogens (primary N) is 1. The number of thiocarbonyl (C=S) groups is 1. The van der Waals surface area contributed by atoms with Crippen LogP contribution in [0, 0.1) is 5.92 Å². The molecule has 0 radical (unpaired) electrons. The Hall–Kier alpha value is -1.60. The van der Waals surface area contributed by atoms with Crippen molar-refractivity contribution >= 4 is 23.1 Å². The van der Waals surface area contributed by atoms with Crippen molar-refractivity contribution in [2.45, 2.75) is 12.8 Å². The van der Waals surface area contributed by atoms with Crippen molar-refractivity contribution in [1.29, 1.82) is 0 Å². The number of aliphatic hydroxyl groups is 1.